The van der Waals surface area contributed by atoms with E-state index >= 15 is 0 Å². The molecule has 126 valence electrons. The van der Waals surface area contributed by atoms with E-state index in [0.29, 0.717) is 16.6 Å². The van der Waals surface area contributed by atoms with Crippen molar-refractivity contribution in [3.8, 4) is 6.07 Å². The van der Waals surface area contributed by atoms with Crippen LogP contribution in [0.3, 0.4) is 0 Å². The fraction of sp³-hybridized carbons (Fsp3) is 0.158. The summed E-state index contributed by atoms with van der Waals surface area (Å²) in [4.78, 5) is 16.9. The molecule has 1 heterocycles. The first-order valence-electron chi connectivity index (χ1n) is 7.70. The number of hydrogen-bond acceptors (Lipinski definition) is 3. The summed E-state index contributed by atoms with van der Waals surface area (Å²) in [5.41, 5.74) is 1.87. The number of aromatic amines is 1. The van der Waals surface area contributed by atoms with Gasteiger partial charge in [-0.2, -0.15) is 5.26 Å². The molecule has 1 aromatic heterocycles. The zero-order chi connectivity index (χ0) is 18.0. The highest BCUT2D eigenvalue weighted by Crippen LogP contribution is 2.23. The smallest absolute Gasteiger partial charge is 0.255 e. The van der Waals surface area contributed by atoms with Gasteiger partial charge in [0.15, 0.2) is 0 Å². The first-order chi connectivity index (χ1) is 12.0. The van der Waals surface area contributed by atoms with E-state index in [0.717, 1.165) is 0 Å². The maximum atomic E-state index is 14.0. The fourth-order valence-electron chi connectivity index (χ4n) is 2.74. The Morgan fingerprint density at radius 1 is 1.32 bits per heavy atom. The van der Waals surface area contributed by atoms with Gasteiger partial charge in [0.25, 0.3) is 5.91 Å². The van der Waals surface area contributed by atoms with E-state index in [1.807, 2.05) is 6.07 Å². The van der Waals surface area contributed by atoms with Gasteiger partial charge >= 0.3 is 0 Å². The van der Waals surface area contributed by atoms with Crippen LogP contribution in [-0.4, -0.2) is 34.5 Å². The Balaban J connectivity index is 1.78. The standard InChI is InChI=1S/C19H16FN3O2/c1-23(11-17(24)13-7-5-12(9-21)6-8-13)19(25)14-10-22-16-4-2-3-15(20)18(14)16/h2-8,10,17,22,24H,11H2,1H3. The molecule has 3 aromatic rings. The second-order valence-electron chi connectivity index (χ2n) is 5.80. The van der Waals surface area contributed by atoms with Gasteiger partial charge in [0.2, 0.25) is 0 Å². The predicted molar refractivity (Wildman–Crippen MR) is 91.3 cm³/mol. The minimum absolute atomic E-state index is 0.0475. The fourth-order valence-corrected chi connectivity index (χ4v) is 2.74. The largest absolute Gasteiger partial charge is 0.387 e. The molecular formula is C19H16FN3O2. The number of nitrogens with zero attached hydrogens (tertiary/aromatic N) is 2. The zero-order valence-corrected chi connectivity index (χ0v) is 13.5. The van der Waals surface area contributed by atoms with Crippen molar-refractivity contribution in [2.45, 2.75) is 6.10 Å². The van der Waals surface area contributed by atoms with E-state index in [1.165, 1.54) is 17.2 Å². The molecule has 2 aromatic carbocycles. The van der Waals surface area contributed by atoms with Crippen LogP contribution in [0.1, 0.15) is 27.6 Å². The van der Waals surface area contributed by atoms with Crippen LogP contribution < -0.4 is 0 Å². The average Bonchev–Trinajstić information content (AvgIpc) is 3.06. The van der Waals surface area contributed by atoms with Crippen molar-refractivity contribution in [3.05, 3.63) is 71.2 Å². The predicted octanol–water partition coefficient (Wildman–Crippen LogP) is 2.98. The van der Waals surface area contributed by atoms with E-state index < -0.39 is 11.9 Å². The van der Waals surface area contributed by atoms with Crippen molar-refractivity contribution in [1.82, 2.24) is 9.88 Å². The van der Waals surface area contributed by atoms with Crippen LogP contribution in [0.25, 0.3) is 10.9 Å². The molecule has 0 fully saturated rings. The van der Waals surface area contributed by atoms with Crippen LogP contribution in [0.2, 0.25) is 0 Å². The minimum atomic E-state index is -0.906. The molecule has 0 saturated heterocycles. The van der Waals surface area contributed by atoms with Crippen molar-refractivity contribution in [2.75, 3.05) is 13.6 Å². The highest BCUT2D eigenvalue weighted by atomic mass is 19.1. The Kier molecular flexibility index (Phi) is 4.50. The van der Waals surface area contributed by atoms with Gasteiger partial charge in [-0.3, -0.25) is 4.79 Å². The molecule has 1 amide bonds. The highest BCUT2D eigenvalue weighted by molar-refractivity contribution is 6.06. The highest BCUT2D eigenvalue weighted by Gasteiger charge is 2.21. The molecule has 6 heteroatoms. The molecule has 2 N–H and O–H groups in total. The normalized spacial score (nSPS) is 11.9. The molecule has 25 heavy (non-hydrogen) atoms. The quantitative estimate of drug-likeness (QED) is 0.768. The van der Waals surface area contributed by atoms with Crippen LogP contribution in [-0.2, 0) is 0 Å². The van der Waals surface area contributed by atoms with Gasteiger partial charge in [-0.25, -0.2) is 4.39 Å². The first-order valence-corrected chi connectivity index (χ1v) is 7.70. The average molecular weight is 337 g/mol. The zero-order valence-electron chi connectivity index (χ0n) is 13.5. The van der Waals surface area contributed by atoms with Crippen molar-refractivity contribution in [1.29, 1.82) is 5.26 Å². The molecule has 5 nitrogen and oxygen atoms in total. The molecule has 0 aliphatic heterocycles. The second kappa shape index (κ2) is 6.75. The van der Waals surface area contributed by atoms with E-state index in [9.17, 15) is 14.3 Å². The lowest BCUT2D eigenvalue weighted by Gasteiger charge is -2.21. The minimum Gasteiger partial charge on any atom is -0.387 e. The Labute approximate surface area is 143 Å². The maximum absolute atomic E-state index is 14.0. The lowest BCUT2D eigenvalue weighted by molar-refractivity contribution is 0.0682. The van der Waals surface area contributed by atoms with Crippen LogP contribution in [0.15, 0.2) is 48.7 Å². The van der Waals surface area contributed by atoms with Crippen molar-refractivity contribution < 1.29 is 14.3 Å². The summed E-state index contributed by atoms with van der Waals surface area (Å²) in [6.45, 7) is 0.0475. The third kappa shape index (κ3) is 3.23. The molecule has 0 spiro atoms. The number of amides is 1. The van der Waals surface area contributed by atoms with E-state index in [2.05, 4.69) is 4.98 Å². The van der Waals surface area contributed by atoms with Gasteiger partial charge < -0.3 is 15.0 Å². The Bertz CT molecular complexity index is 957. The number of aromatic nitrogens is 1. The summed E-state index contributed by atoms with van der Waals surface area (Å²) < 4.78 is 14.0. The molecule has 0 aliphatic carbocycles. The Morgan fingerprint density at radius 3 is 2.72 bits per heavy atom. The number of rotatable bonds is 4. The monoisotopic (exact) mass is 337 g/mol. The SMILES string of the molecule is CN(CC(O)c1ccc(C#N)cc1)C(=O)c1c[nH]c2cccc(F)c12. The summed E-state index contributed by atoms with van der Waals surface area (Å²) in [6.07, 6.45) is 0.567. The van der Waals surface area contributed by atoms with Crippen LogP contribution in [0.4, 0.5) is 4.39 Å². The van der Waals surface area contributed by atoms with Gasteiger partial charge in [0, 0.05) is 24.1 Å². The second-order valence-corrected chi connectivity index (χ2v) is 5.80. The summed E-state index contributed by atoms with van der Waals surface area (Å²) in [6, 6.07) is 13.1. The first kappa shape index (κ1) is 16.7. The molecule has 0 saturated carbocycles. The number of likely N-dealkylation sites (N-methyl/N-ethyl adjacent to an activating group) is 1. The topological polar surface area (TPSA) is 80.1 Å². The molecule has 0 radical (unpaired) electrons. The molecular weight excluding hydrogens is 321 g/mol. The number of H-pyrrole nitrogens is 1. The summed E-state index contributed by atoms with van der Waals surface area (Å²) in [5.74, 6) is -0.854. The lowest BCUT2D eigenvalue weighted by Crippen LogP contribution is -2.31. The Hall–Kier alpha value is -3.17. The summed E-state index contributed by atoms with van der Waals surface area (Å²) in [5, 5.41) is 19.4. The molecule has 0 bridgehead atoms. The van der Waals surface area contributed by atoms with E-state index in [-0.39, 0.29) is 23.4 Å². The lowest BCUT2D eigenvalue weighted by atomic mass is 10.1. The van der Waals surface area contributed by atoms with Gasteiger partial charge in [0.1, 0.15) is 5.82 Å². The van der Waals surface area contributed by atoms with Gasteiger partial charge in [-0.05, 0) is 29.8 Å². The molecule has 3 rings (SSSR count). The van der Waals surface area contributed by atoms with Crippen LogP contribution in [0.5, 0.6) is 0 Å². The van der Waals surface area contributed by atoms with Crippen molar-refractivity contribution in [3.63, 3.8) is 0 Å². The van der Waals surface area contributed by atoms with Gasteiger partial charge in [0.05, 0.1) is 29.8 Å². The molecule has 1 atom stereocenters. The number of fused-ring (bicyclic) bond motifs is 1. The van der Waals surface area contributed by atoms with Crippen molar-refractivity contribution in [2.24, 2.45) is 0 Å². The number of halogens is 1. The number of aliphatic hydroxyl groups is 1. The van der Waals surface area contributed by atoms with Crippen LogP contribution >= 0.6 is 0 Å². The maximum Gasteiger partial charge on any atom is 0.255 e. The number of aliphatic hydroxyl groups excluding tert-OH is 1. The van der Waals surface area contributed by atoms with E-state index in [4.69, 9.17) is 5.26 Å². The summed E-state index contributed by atoms with van der Waals surface area (Å²) in [7, 11) is 1.55. The number of benzene rings is 2. The number of carbonyl (C=O) groups excluding carboxylic acids is 1. The third-order valence-electron chi connectivity index (χ3n) is 4.10. The van der Waals surface area contributed by atoms with E-state index in [1.54, 1.807) is 43.4 Å². The van der Waals surface area contributed by atoms with Crippen molar-refractivity contribution >= 4 is 16.8 Å². The van der Waals surface area contributed by atoms with Gasteiger partial charge in [-0.15, -0.1) is 0 Å². The van der Waals surface area contributed by atoms with Crippen LogP contribution in [0, 0.1) is 17.1 Å². The molecule has 1 unspecified atom stereocenters. The number of nitriles is 1. The number of nitrogens with one attached hydrogen (secondary N) is 1. The van der Waals surface area contributed by atoms with Gasteiger partial charge in [-0.1, -0.05) is 18.2 Å². The number of carbonyl (C=O) groups is 1. The Morgan fingerprint density at radius 2 is 2.04 bits per heavy atom. The molecule has 0 aliphatic rings. The number of hydrogen-bond donors (Lipinski definition) is 2. The third-order valence-corrected chi connectivity index (χ3v) is 4.10. The summed E-state index contributed by atoms with van der Waals surface area (Å²) >= 11 is 0.